The van der Waals surface area contributed by atoms with Crippen LogP contribution in [0.3, 0.4) is 0 Å². The highest BCUT2D eigenvalue weighted by Gasteiger charge is 2.28. The van der Waals surface area contributed by atoms with Gasteiger partial charge in [-0.15, -0.1) is 11.8 Å². The van der Waals surface area contributed by atoms with Crippen LogP contribution < -0.4 is 5.32 Å². The Kier molecular flexibility index (Phi) is 7.79. The van der Waals surface area contributed by atoms with E-state index in [2.05, 4.69) is 10.3 Å². The Hall–Kier alpha value is -2.41. The monoisotopic (exact) mass is 455 g/mol. The number of rotatable bonds is 6. The first kappa shape index (κ1) is 22.8. The third kappa shape index (κ3) is 5.88. The Bertz CT molecular complexity index is 923. The smallest absolute Gasteiger partial charge is 0.256 e. The number of carbonyl (C=O) groups excluding carboxylic acids is 2. The van der Waals surface area contributed by atoms with Crippen LogP contribution >= 0.6 is 11.8 Å². The van der Waals surface area contributed by atoms with E-state index in [1.807, 2.05) is 11.0 Å². The highest BCUT2D eigenvalue weighted by atomic mass is 32.2. The first-order chi connectivity index (χ1) is 15.6. The number of benzene rings is 1. The number of amides is 2. The van der Waals surface area contributed by atoms with E-state index >= 15 is 0 Å². The van der Waals surface area contributed by atoms with Crippen molar-refractivity contribution in [2.24, 2.45) is 5.92 Å². The SMILES string of the molecule is O=C(NC1CCN(C(=O)c2cccnc2SCc2ccc(F)cc2)CC1)C1CCCCC1. The van der Waals surface area contributed by atoms with Crippen LogP contribution in [-0.4, -0.2) is 40.8 Å². The summed E-state index contributed by atoms with van der Waals surface area (Å²) < 4.78 is 13.1. The van der Waals surface area contributed by atoms with Crippen molar-refractivity contribution in [3.05, 3.63) is 59.5 Å². The molecular formula is C25H30FN3O2S. The van der Waals surface area contributed by atoms with E-state index in [0.717, 1.165) is 44.1 Å². The average Bonchev–Trinajstić information content (AvgIpc) is 2.84. The molecule has 0 bridgehead atoms. The van der Waals surface area contributed by atoms with Crippen LogP contribution in [0.2, 0.25) is 0 Å². The van der Waals surface area contributed by atoms with Crippen molar-refractivity contribution in [3.63, 3.8) is 0 Å². The van der Waals surface area contributed by atoms with Crippen molar-refractivity contribution in [3.8, 4) is 0 Å². The van der Waals surface area contributed by atoms with E-state index in [1.165, 1.54) is 30.3 Å². The van der Waals surface area contributed by atoms with Crippen molar-refractivity contribution >= 4 is 23.6 Å². The van der Waals surface area contributed by atoms with Gasteiger partial charge >= 0.3 is 0 Å². The third-order valence-corrected chi connectivity index (χ3v) is 7.47. The number of nitrogens with zero attached hydrogens (tertiary/aromatic N) is 2. The second kappa shape index (κ2) is 10.9. The summed E-state index contributed by atoms with van der Waals surface area (Å²) in [6, 6.07) is 10.1. The molecule has 0 atom stereocenters. The number of aromatic nitrogens is 1. The van der Waals surface area contributed by atoms with Crippen molar-refractivity contribution in [2.45, 2.75) is 61.8 Å². The van der Waals surface area contributed by atoms with Crippen LogP contribution in [0, 0.1) is 11.7 Å². The van der Waals surface area contributed by atoms with Gasteiger partial charge in [0.05, 0.1) is 5.56 Å². The maximum absolute atomic E-state index is 13.2. The Balaban J connectivity index is 1.31. The van der Waals surface area contributed by atoms with Crippen LogP contribution in [-0.2, 0) is 10.5 Å². The van der Waals surface area contributed by atoms with Crippen LogP contribution in [0.5, 0.6) is 0 Å². The predicted octanol–water partition coefficient (Wildman–Crippen LogP) is 4.81. The van der Waals surface area contributed by atoms with Crippen LogP contribution in [0.1, 0.15) is 60.9 Å². The van der Waals surface area contributed by atoms with Crippen molar-refractivity contribution in [1.29, 1.82) is 0 Å². The van der Waals surface area contributed by atoms with Gasteiger partial charge in [0.2, 0.25) is 5.91 Å². The summed E-state index contributed by atoms with van der Waals surface area (Å²) in [5.41, 5.74) is 1.58. The molecule has 2 amide bonds. The van der Waals surface area contributed by atoms with Gasteiger partial charge in [-0.05, 0) is 55.5 Å². The van der Waals surface area contributed by atoms with Crippen molar-refractivity contribution in [2.75, 3.05) is 13.1 Å². The van der Waals surface area contributed by atoms with E-state index in [-0.39, 0.29) is 29.6 Å². The minimum atomic E-state index is -0.259. The number of hydrogen-bond donors (Lipinski definition) is 1. The molecule has 2 aliphatic rings. The highest BCUT2D eigenvalue weighted by Crippen LogP contribution is 2.27. The lowest BCUT2D eigenvalue weighted by Crippen LogP contribution is -2.48. The van der Waals surface area contributed by atoms with Crippen molar-refractivity contribution < 1.29 is 14.0 Å². The Morgan fingerprint density at radius 2 is 1.75 bits per heavy atom. The number of piperidine rings is 1. The summed E-state index contributed by atoms with van der Waals surface area (Å²) in [6.45, 7) is 1.26. The first-order valence-corrected chi connectivity index (χ1v) is 12.5. The number of nitrogens with one attached hydrogen (secondary N) is 1. The van der Waals surface area contributed by atoms with E-state index in [4.69, 9.17) is 0 Å². The van der Waals surface area contributed by atoms with Gasteiger partial charge in [-0.3, -0.25) is 9.59 Å². The Morgan fingerprint density at radius 3 is 2.47 bits per heavy atom. The fourth-order valence-electron chi connectivity index (χ4n) is 4.48. The molecule has 1 aromatic carbocycles. The van der Waals surface area contributed by atoms with E-state index in [1.54, 1.807) is 24.4 Å². The Labute approximate surface area is 193 Å². The molecule has 5 nitrogen and oxygen atoms in total. The molecule has 1 aliphatic carbocycles. The summed E-state index contributed by atoms with van der Waals surface area (Å²) in [7, 11) is 0. The molecule has 7 heteroatoms. The molecule has 4 rings (SSSR count). The summed E-state index contributed by atoms with van der Waals surface area (Å²) in [5.74, 6) is 0.704. The fourth-order valence-corrected chi connectivity index (χ4v) is 5.42. The highest BCUT2D eigenvalue weighted by molar-refractivity contribution is 7.98. The van der Waals surface area contributed by atoms with Crippen molar-refractivity contribution in [1.82, 2.24) is 15.2 Å². The second-order valence-corrected chi connectivity index (χ2v) is 9.65. The molecule has 170 valence electrons. The summed E-state index contributed by atoms with van der Waals surface area (Å²) >= 11 is 1.49. The van der Waals surface area contributed by atoms with Gasteiger partial charge in [-0.25, -0.2) is 9.37 Å². The van der Waals surface area contributed by atoms with E-state index in [0.29, 0.717) is 29.4 Å². The van der Waals surface area contributed by atoms with Gasteiger partial charge in [0, 0.05) is 37.0 Å². The molecule has 2 fully saturated rings. The maximum atomic E-state index is 13.2. The maximum Gasteiger partial charge on any atom is 0.256 e. The Morgan fingerprint density at radius 1 is 1.03 bits per heavy atom. The summed E-state index contributed by atoms with van der Waals surface area (Å²) in [4.78, 5) is 32.0. The number of pyridine rings is 1. The molecule has 1 N–H and O–H groups in total. The second-order valence-electron chi connectivity index (χ2n) is 8.68. The zero-order valence-corrected chi connectivity index (χ0v) is 19.1. The average molecular weight is 456 g/mol. The van der Waals surface area contributed by atoms with Gasteiger partial charge in [-0.2, -0.15) is 0 Å². The first-order valence-electron chi connectivity index (χ1n) is 11.5. The predicted molar refractivity (Wildman–Crippen MR) is 124 cm³/mol. The number of likely N-dealkylation sites (tertiary alicyclic amines) is 1. The van der Waals surface area contributed by atoms with Crippen LogP contribution in [0.15, 0.2) is 47.6 Å². The van der Waals surface area contributed by atoms with Gasteiger partial charge in [-0.1, -0.05) is 31.4 Å². The number of thioether (sulfide) groups is 1. The van der Waals surface area contributed by atoms with Crippen LogP contribution in [0.25, 0.3) is 0 Å². The van der Waals surface area contributed by atoms with Gasteiger partial charge < -0.3 is 10.2 Å². The molecular weight excluding hydrogens is 425 g/mol. The molecule has 0 radical (unpaired) electrons. The van der Waals surface area contributed by atoms with Gasteiger partial charge in [0.15, 0.2) is 0 Å². The normalized spacial score (nSPS) is 17.8. The van der Waals surface area contributed by atoms with E-state index < -0.39 is 0 Å². The minimum Gasteiger partial charge on any atom is -0.353 e. The summed E-state index contributed by atoms with van der Waals surface area (Å²) in [6.07, 6.45) is 8.80. The number of carbonyl (C=O) groups is 2. The van der Waals surface area contributed by atoms with E-state index in [9.17, 15) is 14.0 Å². The topological polar surface area (TPSA) is 62.3 Å². The molecule has 1 aromatic heterocycles. The molecule has 0 spiro atoms. The third-order valence-electron chi connectivity index (χ3n) is 6.39. The molecule has 1 saturated heterocycles. The van der Waals surface area contributed by atoms with Gasteiger partial charge in [0.1, 0.15) is 10.8 Å². The molecule has 2 aromatic rings. The lowest BCUT2D eigenvalue weighted by Gasteiger charge is -2.33. The molecule has 0 unspecified atom stereocenters. The lowest BCUT2D eigenvalue weighted by molar-refractivity contribution is -0.126. The molecule has 1 saturated carbocycles. The number of hydrogen-bond acceptors (Lipinski definition) is 4. The minimum absolute atomic E-state index is 0.0169. The molecule has 32 heavy (non-hydrogen) atoms. The van der Waals surface area contributed by atoms with Crippen LogP contribution in [0.4, 0.5) is 4.39 Å². The quantitative estimate of drug-likeness (QED) is 0.635. The number of halogens is 1. The largest absolute Gasteiger partial charge is 0.353 e. The molecule has 2 heterocycles. The lowest BCUT2D eigenvalue weighted by atomic mass is 9.88. The fraction of sp³-hybridized carbons (Fsp3) is 0.480. The zero-order chi connectivity index (χ0) is 22.3. The molecule has 1 aliphatic heterocycles. The zero-order valence-electron chi connectivity index (χ0n) is 18.3. The standard InChI is InChI=1S/C25H30FN3O2S/c26-20-10-8-18(9-11-20)17-32-24-22(7-4-14-27-24)25(31)29-15-12-21(13-16-29)28-23(30)19-5-2-1-3-6-19/h4,7-11,14,19,21H,1-3,5-6,12-13,15-17H2,(H,28,30). The van der Waals surface area contributed by atoms with Gasteiger partial charge in [0.25, 0.3) is 5.91 Å². The summed E-state index contributed by atoms with van der Waals surface area (Å²) in [5, 5.41) is 3.91.